The van der Waals surface area contributed by atoms with E-state index in [1.54, 1.807) is 6.07 Å². The normalized spacial score (nSPS) is 12.2. The second kappa shape index (κ2) is 7.08. The van der Waals surface area contributed by atoms with E-state index in [0.717, 1.165) is 11.1 Å². The number of hydrogen-bond donors (Lipinski definition) is 2. The molecular weight excluding hydrogens is 254 g/mol. The lowest BCUT2D eigenvalue weighted by Gasteiger charge is -2.16. The third-order valence-corrected chi connectivity index (χ3v) is 3.46. The van der Waals surface area contributed by atoms with E-state index in [0.29, 0.717) is 12.0 Å². The molecule has 4 nitrogen and oxygen atoms in total. The second-order valence-electron chi connectivity index (χ2n) is 5.62. The first-order valence-electron chi connectivity index (χ1n) is 6.90. The lowest BCUT2D eigenvalue weighted by molar-refractivity contribution is -0.142. The number of amides is 1. The molecule has 20 heavy (non-hydrogen) atoms. The number of carboxylic acid groups (broad SMARTS) is 1. The fourth-order valence-corrected chi connectivity index (χ4v) is 2.15. The van der Waals surface area contributed by atoms with Crippen LogP contribution in [0.25, 0.3) is 0 Å². The van der Waals surface area contributed by atoms with Crippen LogP contribution in [0.2, 0.25) is 0 Å². The minimum Gasteiger partial charge on any atom is -0.481 e. The molecule has 110 valence electrons. The fraction of sp³-hybridized carbons (Fsp3) is 0.500. The Morgan fingerprint density at radius 2 is 1.90 bits per heavy atom. The lowest BCUT2D eigenvalue weighted by atomic mass is 9.97. The van der Waals surface area contributed by atoms with Crippen LogP contribution >= 0.6 is 0 Å². The van der Waals surface area contributed by atoms with Crippen molar-refractivity contribution in [3.63, 3.8) is 0 Å². The predicted octanol–water partition coefficient (Wildman–Crippen LogP) is 2.78. The SMILES string of the molecule is Cc1cccc(C(=O)NCC(CC(C)C)C(=O)O)c1C. The third-order valence-electron chi connectivity index (χ3n) is 3.46. The highest BCUT2D eigenvalue weighted by atomic mass is 16.4. The van der Waals surface area contributed by atoms with Crippen LogP contribution in [0, 0.1) is 25.7 Å². The summed E-state index contributed by atoms with van der Waals surface area (Å²) in [5.41, 5.74) is 2.59. The van der Waals surface area contributed by atoms with Gasteiger partial charge in [0.15, 0.2) is 0 Å². The maximum absolute atomic E-state index is 12.1. The molecule has 0 aromatic heterocycles. The molecule has 0 fully saturated rings. The van der Waals surface area contributed by atoms with Gasteiger partial charge >= 0.3 is 5.97 Å². The highest BCUT2D eigenvalue weighted by molar-refractivity contribution is 5.96. The van der Waals surface area contributed by atoms with Gasteiger partial charge < -0.3 is 10.4 Å². The van der Waals surface area contributed by atoms with Crippen molar-refractivity contribution in [2.75, 3.05) is 6.54 Å². The van der Waals surface area contributed by atoms with Crippen LogP contribution in [0.5, 0.6) is 0 Å². The lowest BCUT2D eigenvalue weighted by Crippen LogP contribution is -2.34. The van der Waals surface area contributed by atoms with Crippen molar-refractivity contribution in [1.82, 2.24) is 5.32 Å². The Bertz CT molecular complexity index is 494. The number of rotatable bonds is 6. The molecule has 0 aliphatic heterocycles. The smallest absolute Gasteiger partial charge is 0.308 e. The van der Waals surface area contributed by atoms with Crippen LogP contribution < -0.4 is 5.32 Å². The molecule has 1 aromatic rings. The van der Waals surface area contributed by atoms with E-state index in [1.165, 1.54) is 0 Å². The van der Waals surface area contributed by atoms with Gasteiger partial charge in [-0.15, -0.1) is 0 Å². The molecule has 0 radical (unpaired) electrons. The molecule has 0 heterocycles. The van der Waals surface area contributed by atoms with Crippen LogP contribution in [-0.2, 0) is 4.79 Å². The van der Waals surface area contributed by atoms with E-state index in [4.69, 9.17) is 5.11 Å². The second-order valence-corrected chi connectivity index (χ2v) is 5.62. The summed E-state index contributed by atoms with van der Waals surface area (Å²) in [4.78, 5) is 23.3. The zero-order valence-electron chi connectivity index (χ0n) is 12.6. The number of carboxylic acids is 1. The molecule has 4 heteroatoms. The van der Waals surface area contributed by atoms with E-state index in [2.05, 4.69) is 5.32 Å². The van der Waals surface area contributed by atoms with Crippen LogP contribution in [-0.4, -0.2) is 23.5 Å². The first kappa shape index (κ1) is 16.2. The van der Waals surface area contributed by atoms with Gasteiger partial charge in [-0.05, 0) is 43.4 Å². The molecule has 0 aliphatic rings. The van der Waals surface area contributed by atoms with Gasteiger partial charge in [-0.25, -0.2) is 0 Å². The number of benzene rings is 1. The zero-order chi connectivity index (χ0) is 15.3. The molecule has 0 bridgehead atoms. The van der Waals surface area contributed by atoms with Gasteiger partial charge in [-0.2, -0.15) is 0 Å². The zero-order valence-corrected chi connectivity index (χ0v) is 12.6. The van der Waals surface area contributed by atoms with Gasteiger partial charge in [0, 0.05) is 12.1 Å². The Morgan fingerprint density at radius 1 is 1.25 bits per heavy atom. The number of hydrogen-bond acceptors (Lipinski definition) is 2. The van der Waals surface area contributed by atoms with Crippen LogP contribution in [0.4, 0.5) is 0 Å². The predicted molar refractivity (Wildman–Crippen MR) is 78.8 cm³/mol. The topological polar surface area (TPSA) is 66.4 Å². The van der Waals surface area contributed by atoms with E-state index < -0.39 is 11.9 Å². The van der Waals surface area contributed by atoms with Crippen LogP contribution in [0.1, 0.15) is 41.8 Å². The highest BCUT2D eigenvalue weighted by Crippen LogP contribution is 2.14. The summed E-state index contributed by atoms with van der Waals surface area (Å²) in [6.45, 7) is 7.96. The van der Waals surface area contributed by atoms with Crippen molar-refractivity contribution in [3.8, 4) is 0 Å². The van der Waals surface area contributed by atoms with E-state index in [9.17, 15) is 9.59 Å². The fourth-order valence-electron chi connectivity index (χ4n) is 2.15. The quantitative estimate of drug-likeness (QED) is 0.840. The summed E-state index contributed by atoms with van der Waals surface area (Å²) < 4.78 is 0. The Kier molecular flexibility index (Phi) is 5.74. The molecule has 1 rings (SSSR count). The summed E-state index contributed by atoms with van der Waals surface area (Å²) >= 11 is 0. The molecular formula is C16H23NO3. The van der Waals surface area contributed by atoms with Gasteiger partial charge in [0.1, 0.15) is 0 Å². The van der Waals surface area contributed by atoms with Crippen molar-refractivity contribution in [2.45, 2.75) is 34.1 Å². The van der Waals surface area contributed by atoms with Gasteiger partial charge in [0.2, 0.25) is 0 Å². The molecule has 0 aliphatic carbocycles. The van der Waals surface area contributed by atoms with Crippen molar-refractivity contribution in [3.05, 3.63) is 34.9 Å². The largest absolute Gasteiger partial charge is 0.481 e. The van der Waals surface area contributed by atoms with Crippen molar-refractivity contribution in [1.29, 1.82) is 0 Å². The minimum absolute atomic E-state index is 0.166. The van der Waals surface area contributed by atoms with Gasteiger partial charge in [0.05, 0.1) is 5.92 Å². The molecule has 1 aromatic carbocycles. The molecule has 0 saturated carbocycles. The van der Waals surface area contributed by atoms with Crippen molar-refractivity contribution < 1.29 is 14.7 Å². The summed E-state index contributed by atoms with van der Waals surface area (Å²) in [7, 11) is 0. The van der Waals surface area contributed by atoms with E-state index in [1.807, 2.05) is 39.8 Å². The van der Waals surface area contributed by atoms with Crippen molar-refractivity contribution in [2.24, 2.45) is 11.8 Å². The Morgan fingerprint density at radius 3 is 2.45 bits per heavy atom. The van der Waals surface area contributed by atoms with E-state index in [-0.39, 0.29) is 18.4 Å². The Labute approximate surface area is 120 Å². The van der Waals surface area contributed by atoms with E-state index >= 15 is 0 Å². The summed E-state index contributed by atoms with van der Waals surface area (Å²) in [6, 6.07) is 5.54. The maximum atomic E-state index is 12.1. The Balaban J connectivity index is 2.70. The summed E-state index contributed by atoms with van der Waals surface area (Å²) in [5, 5.41) is 11.9. The first-order valence-corrected chi connectivity index (χ1v) is 6.90. The standard InChI is InChI=1S/C16H23NO3/c1-10(2)8-13(16(19)20)9-17-15(18)14-7-5-6-11(3)12(14)4/h5-7,10,13H,8-9H2,1-4H3,(H,17,18)(H,19,20). The first-order chi connectivity index (χ1) is 9.32. The van der Waals surface area contributed by atoms with Crippen LogP contribution in [0.3, 0.4) is 0 Å². The monoisotopic (exact) mass is 277 g/mol. The molecule has 2 N–H and O–H groups in total. The van der Waals surface area contributed by atoms with Crippen LogP contribution in [0.15, 0.2) is 18.2 Å². The number of aliphatic carboxylic acids is 1. The average Bonchev–Trinajstić information content (AvgIpc) is 2.36. The van der Waals surface area contributed by atoms with Gasteiger partial charge in [0.25, 0.3) is 5.91 Å². The summed E-state index contributed by atoms with van der Waals surface area (Å²) in [5.74, 6) is -1.32. The minimum atomic E-state index is -0.861. The molecule has 1 atom stereocenters. The Hall–Kier alpha value is -1.84. The molecule has 1 unspecified atom stereocenters. The number of aryl methyl sites for hydroxylation is 1. The number of nitrogens with one attached hydrogen (secondary N) is 1. The molecule has 0 saturated heterocycles. The number of carbonyl (C=O) groups excluding carboxylic acids is 1. The van der Waals surface area contributed by atoms with Gasteiger partial charge in [-0.1, -0.05) is 26.0 Å². The third kappa shape index (κ3) is 4.37. The summed E-state index contributed by atoms with van der Waals surface area (Å²) in [6.07, 6.45) is 0.558. The molecule has 0 spiro atoms. The number of carbonyl (C=O) groups is 2. The average molecular weight is 277 g/mol. The maximum Gasteiger partial charge on any atom is 0.308 e. The highest BCUT2D eigenvalue weighted by Gasteiger charge is 2.20. The molecule has 1 amide bonds. The van der Waals surface area contributed by atoms with Crippen molar-refractivity contribution >= 4 is 11.9 Å². The van der Waals surface area contributed by atoms with Gasteiger partial charge in [-0.3, -0.25) is 9.59 Å².